The number of hydrogen-bond donors (Lipinski definition) is 0. The first kappa shape index (κ1) is 15.1. The molecule has 0 heterocycles. The molecule has 1 aromatic rings. The monoisotopic (exact) mass is 307 g/mol. The number of nitro benzene ring substituents is 1. The molecule has 0 N–H and O–H groups in total. The maximum absolute atomic E-state index is 12.6. The van der Waals surface area contributed by atoms with Gasteiger partial charge in [-0.25, -0.2) is 0 Å². The second-order valence-electron chi connectivity index (χ2n) is 3.41. The van der Waals surface area contributed by atoms with Gasteiger partial charge in [-0.05, 0) is 6.07 Å². The lowest BCUT2D eigenvalue weighted by Gasteiger charge is -2.40. The van der Waals surface area contributed by atoms with Crippen LogP contribution in [0.4, 0.5) is 25.1 Å². The van der Waals surface area contributed by atoms with Crippen LogP contribution >= 0.6 is 10.2 Å². The van der Waals surface area contributed by atoms with Crippen LogP contribution < -0.4 is 4.74 Å². The van der Waals surface area contributed by atoms with E-state index in [1.807, 2.05) is 0 Å². The summed E-state index contributed by atoms with van der Waals surface area (Å²) in [4.78, 5) is 17.2. The molecule has 0 spiro atoms. The van der Waals surface area contributed by atoms with Crippen molar-refractivity contribution in [3.63, 3.8) is 0 Å². The van der Waals surface area contributed by atoms with Crippen LogP contribution in [0.25, 0.3) is 0 Å². The summed E-state index contributed by atoms with van der Waals surface area (Å²) >= 11 is 0. The predicted molar refractivity (Wildman–Crippen MR) is 56.4 cm³/mol. The molecule has 1 aromatic carbocycles. The average Bonchev–Trinajstić information content (AvgIpc) is 2.23. The van der Waals surface area contributed by atoms with Crippen molar-refractivity contribution in [2.45, 2.75) is 4.90 Å². The molecule has 0 radical (unpaired) electrons. The van der Waals surface area contributed by atoms with Crippen molar-refractivity contribution < 1.29 is 33.9 Å². The Hall–Kier alpha value is -1.91. The first-order valence-corrected chi connectivity index (χ1v) is 6.31. The van der Waals surface area contributed by atoms with Gasteiger partial charge in [-0.3, -0.25) is 14.9 Å². The second kappa shape index (κ2) is 3.56. The fourth-order valence-electron chi connectivity index (χ4n) is 1.28. The smallest absolute Gasteiger partial charge is 0.313 e. The zero-order valence-corrected chi connectivity index (χ0v) is 9.93. The minimum absolute atomic E-state index is 0.180. The van der Waals surface area contributed by atoms with Gasteiger partial charge in [0.2, 0.25) is 5.75 Å². The zero-order chi connectivity index (χ0) is 15.1. The van der Waals surface area contributed by atoms with Gasteiger partial charge >= 0.3 is 15.9 Å². The Bertz CT molecular complexity index is 570. The minimum atomic E-state index is -10.1. The fourth-order valence-corrected chi connectivity index (χ4v) is 1.96. The molecule has 0 atom stereocenters. The number of benzene rings is 1. The third-order valence-corrected chi connectivity index (χ3v) is 3.17. The standard InChI is InChI=1S/C8H6F5NO4S/c1-18-8-5(4-15)2-6(3-7(8)14(16)17)19(9,10,11,12)13/h2-4H,1H3. The molecule has 1 rings (SSSR count). The van der Waals surface area contributed by atoms with E-state index in [-0.39, 0.29) is 18.4 Å². The zero-order valence-electron chi connectivity index (χ0n) is 9.11. The molecule has 0 aromatic heterocycles. The lowest BCUT2D eigenvalue weighted by atomic mass is 10.2. The lowest BCUT2D eigenvalue weighted by molar-refractivity contribution is -0.386. The quantitative estimate of drug-likeness (QED) is 0.364. The van der Waals surface area contributed by atoms with Gasteiger partial charge in [0.05, 0.1) is 17.6 Å². The highest BCUT2D eigenvalue weighted by Gasteiger charge is 2.66. The third kappa shape index (κ3) is 3.10. The van der Waals surface area contributed by atoms with Gasteiger partial charge in [-0.1, -0.05) is 19.4 Å². The number of carbonyl (C=O) groups excluding carboxylic acids is 1. The van der Waals surface area contributed by atoms with Crippen molar-refractivity contribution >= 4 is 22.2 Å². The van der Waals surface area contributed by atoms with Gasteiger partial charge in [0.1, 0.15) is 4.90 Å². The number of carbonyl (C=O) groups is 1. The number of halogens is 5. The fraction of sp³-hybridized carbons (Fsp3) is 0.125. The summed E-state index contributed by atoms with van der Waals surface area (Å²) in [6.45, 7) is 0. The molecule has 0 bridgehead atoms. The Kier molecular flexibility index (Phi) is 2.84. The van der Waals surface area contributed by atoms with Crippen LogP contribution in [0, 0.1) is 10.1 Å². The number of nitrogens with zero attached hydrogens (tertiary/aromatic N) is 1. The van der Waals surface area contributed by atoms with Gasteiger partial charge in [-0.15, -0.1) is 0 Å². The summed E-state index contributed by atoms with van der Waals surface area (Å²) in [5.74, 6) is -0.814. The van der Waals surface area contributed by atoms with Crippen LogP contribution in [-0.2, 0) is 0 Å². The normalized spacial score (nSPS) is 15.3. The molecule has 0 aliphatic rings. The van der Waals surface area contributed by atoms with Crippen molar-refractivity contribution in [1.29, 1.82) is 0 Å². The average molecular weight is 307 g/mol. The summed E-state index contributed by atoms with van der Waals surface area (Å²) in [5, 5.41) is 10.5. The van der Waals surface area contributed by atoms with Crippen molar-refractivity contribution in [3.05, 3.63) is 27.8 Å². The van der Waals surface area contributed by atoms with E-state index in [4.69, 9.17) is 0 Å². The third-order valence-electron chi connectivity index (χ3n) is 2.04. The number of nitro groups is 1. The molecule has 11 heteroatoms. The molecular weight excluding hydrogens is 301 g/mol. The van der Waals surface area contributed by atoms with E-state index in [9.17, 15) is 34.3 Å². The van der Waals surface area contributed by atoms with E-state index >= 15 is 0 Å². The summed E-state index contributed by atoms with van der Waals surface area (Å²) < 4.78 is 67.2. The predicted octanol–water partition coefficient (Wildman–Crippen LogP) is 4.07. The number of rotatable bonds is 4. The van der Waals surface area contributed by atoms with Gasteiger partial charge in [0.25, 0.3) is 0 Å². The number of methoxy groups -OCH3 is 1. The van der Waals surface area contributed by atoms with Crippen molar-refractivity contribution in [2.24, 2.45) is 0 Å². The van der Waals surface area contributed by atoms with Crippen LogP contribution in [0.2, 0.25) is 0 Å². The van der Waals surface area contributed by atoms with Gasteiger partial charge in [-0.2, -0.15) is 0 Å². The molecule has 0 aliphatic carbocycles. The molecule has 5 nitrogen and oxygen atoms in total. The van der Waals surface area contributed by atoms with E-state index < -0.39 is 37.0 Å². The maximum Gasteiger partial charge on any atom is 0.313 e. The molecule has 0 fully saturated rings. The van der Waals surface area contributed by atoms with Crippen molar-refractivity contribution in [1.82, 2.24) is 0 Å². The van der Waals surface area contributed by atoms with Crippen molar-refractivity contribution in [2.75, 3.05) is 7.11 Å². The maximum atomic E-state index is 12.6. The molecule has 0 saturated heterocycles. The Labute approximate surface area is 102 Å². The Balaban J connectivity index is 3.80. The first-order chi connectivity index (χ1) is 8.30. The van der Waals surface area contributed by atoms with E-state index in [2.05, 4.69) is 4.74 Å². The van der Waals surface area contributed by atoms with Crippen molar-refractivity contribution in [3.8, 4) is 5.75 Å². The molecule has 19 heavy (non-hydrogen) atoms. The SMILES string of the molecule is COc1c(C=O)cc(S(F)(F)(F)(F)F)cc1[N+](=O)[O-]. The van der Waals surface area contributed by atoms with E-state index in [1.165, 1.54) is 0 Å². The summed E-state index contributed by atoms with van der Waals surface area (Å²) in [7, 11) is -9.27. The first-order valence-electron chi connectivity index (χ1n) is 4.36. The van der Waals surface area contributed by atoms with Gasteiger partial charge in [0, 0.05) is 6.07 Å². The topological polar surface area (TPSA) is 69.4 Å². The number of aldehydes is 1. The van der Waals surface area contributed by atoms with Gasteiger partial charge < -0.3 is 4.74 Å². The number of hydrogen-bond acceptors (Lipinski definition) is 4. The summed E-state index contributed by atoms with van der Waals surface area (Å²) in [6.07, 6.45) is -0.237. The highest BCUT2D eigenvalue weighted by molar-refractivity contribution is 8.45. The van der Waals surface area contributed by atoms with Gasteiger partial charge in [0.15, 0.2) is 6.29 Å². The molecule has 0 aliphatic heterocycles. The molecule has 0 unspecified atom stereocenters. The van der Waals surface area contributed by atoms with Crippen LogP contribution in [-0.4, -0.2) is 18.3 Å². The highest BCUT2D eigenvalue weighted by Crippen LogP contribution is 3.02. The lowest BCUT2D eigenvalue weighted by Crippen LogP contribution is -2.08. The van der Waals surface area contributed by atoms with Crippen LogP contribution in [0.3, 0.4) is 0 Å². The molecule has 0 amide bonds. The Morgan fingerprint density at radius 2 is 1.79 bits per heavy atom. The van der Waals surface area contributed by atoms with Crippen LogP contribution in [0.1, 0.15) is 10.4 Å². The molecule has 108 valence electrons. The van der Waals surface area contributed by atoms with E-state index in [0.717, 1.165) is 7.11 Å². The second-order valence-corrected chi connectivity index (χ2v) is 5.82. The molecule has 0 saturated carbocycles. The Morgan fingerprint density at radius 3 is 2.11 bits per heavy atom. The highest BCUT2D eigenvalue weighted by atomic mass is 32.5. The van der Waals surface area contributed by atoms with E-state index in [0.29, 0.717) is 0 Å². The largest absolute Gasteiger partial charge is 0.490 e. The summed E-state index contributed by atoms with van der Waals surface area (Å²) in [6, 6.07) is -0.534. The van der Waals surface area contributed by atoms with Crippen LogP contribution in [0.5, 0.6) is 5.75 Å². The number of ether oxygens (including phenoxy) is 1. The summed E-state index contributed by atoms with van der Waals surface area (Å²) in [5.41, 5.74) is -2.35. The Morgan fingerprint density at radius 1 is 1.26 bits per heavy atom. The van der Waals surface area contributed by atoms with Crippen LogP contribution in [0.15, 0.2) is 17.0 Å². The minimum Gasteiger partial charge on any atom is -0.490 e. The molecular formula is C8H6F5NO4S. The van der Waals surface area contributed by atoms with E-state index in [1.54, 1.807) is 0 Å².